The first kappa shape index (κ1) is 18.2. The summed E-state index contributed by atoms with van der Waals surface area (Å²) < 4.78 is 26.2. The largest absolute Gasteiger partial charge is 0.353 e. The molecule has 0 bridgehead atoms. The van der Waals surface area contributed by atoms with E-state index < -0.39 is 9.84 Å². The number of rotatable bonds is 4. The lowest BCUT2D eigenvalue weighted by Gasteiger charge is -2.19. The molecule has 1 N–H and O–H groups in total. The van der Waals surface area contributed by atoms with E-state index in [-0.39, 0.29) is 9.92 Å². The van der Waals surface area contributed by atoms with E-state index in [2.05, 4.69) is 20.4 Å². The molecule has 4 rings (SSSR count). The number of fused-ring (bicyclic) bond motifs is 1. The maximum Gasteiger partial charge on any atom is 0.226 e. The van der Waals surface area contributed by atoms with Gasteiger partial charge < -0.3 is 10.2 Å². The molecule has 1 unspecified atom stereocenters. The monoisotopic (exact) mass is 402 g/mol. The minimum Gasteiger partial charge on any atom is -0.353 e. The normalized spacial score (nSPS) is 17.6. The van der Waals surface area contributed by atoms with Crippen molar-refractivity contribution in [3.8, 4) is 0 Å². The second kappa shape index (κ2) is 7.07. The van der Waals surface area contributed by atoms with Crippen molar-refractivity contribution in [1.29, 1.82) is 0 Å². The Hall–Kier alpha value is -2.22. The number of hydrogen-bond acceptors (Lipinski definition) is 6. The lowest BCUT2D eigenvalue weighted by Crippen LogP contribution is -2.30. The van der Waals surface area contributed by atoms with Crippen molar-refractivity contribution in [3.05, 3.63) is 53.6 Å². The van der Waals surface area contributed by atoms with Crippen molar-refractivity contribution in [2.24, 2.45) is 0 Å². The van der Waals surface area contributed by atoms with Crippen LogP contribution in [-0.2, 0) is 9.84 Å². The first-order chi connectivity index (χ1) is 13.0. The number of aromatic nitrogens is 2. The Labute approximate surface area is 163 Å². The fourth-order valence-electron chi connectivity index (χ4n) is 3.41. The molecule has 0 aliphatic carbocycles. The van der Waals surface area contributed by atoms with Gasteiger partial charge in [-0.3, -0.25) is 0 Å². The van der Waals surface area contributed by atoms with Crippen LogP contribution in [-0.4, -0.2) is 44.8 Å². The maximum absolute atomic E-state index is 13.1. The quantitative estimate of drug-likeness (QED) is 0.723. The molecule has 2 heterocycles. The molecule has 1 aliphatic heterocycles. The number of nitrogens with one attached hydrogen (secondary N) is 1. The fraction of sp³-hybridized carbons (Fsp3) is 0.263. The summed E-state index contributed by atoms with van der Waals surface area (Å²) in [5.74, 6) is 0.721. The van der Waals surface area contributed by atoms with Crippen LogP contribution >= 0.6 is 11.6 Å². The molecular formula is C19H19ClN4O2S. The summed E-state index contributed by atoms with van der Waals surface area (Å²) in [5, 5.41) is 13.5. The number of anilines is 1. The first-order valence-corrected chi connectivity index (χ1v) is 10.5. The fourth-order valence-corrected chi connectivity index (χ4v) is 4.87. The van der Waals surface area contributed by atoms with E-state index in [4.69, 9.17) is 11.6 Å². The number of halogens is 1. The van der Waals surface area contributed by atoms with Crippen LogP contribution in [0.3, 0.4) is 0 Å². The molecule has 0 amide bonds. The minimum atomic E-state index is -3.80. The molecule has 2 aromatic carbocycles. The van der Waals surface area contributed by atoms with E-state index in [9.17, 15) is 8.42 Å². The predicted molar refractivity (Wildman–Crippen MR) is 106 cm³/mol. The molecule has 1 aromatic heterocycles. The summed E-state index contributed by atoms with van der Waals surface area (Å²) in [6, 6.07) is 13.9. The highest BCUT2D eigenvalue weighted by Crippen LogP contribution is 2.32. The van der Waals surface area contributed by atoms with Crippen LogP contribution in [0.4, 0.5) is 5.82 Å². The van der Waals surface area contributed by atoms with Gasteiger partial charge >= 0.3 is 0 Å². The van der Waals surface area contributed by atoms with Crippen LogP contribution in [0.25, 0.3) is 10.8 Å². The highest BCUT2D eigenvalue weighted by atomic mass is 35.5. The summed E-state index contributed by atoms with van der Waals surface area (Å²) in [5.41, 5.74) is 0. The molecule has 3 aromatic rings. The number of nitrogens with zero attached hydrogens (tertiary/aromatic N) is 3. The Morgan fingerprint density at radius 3 is 2.44 bits per heavy atom. The van der Waals surface area contributed by atoms with Gasteiger partial charge in [0.25, 0.3) is 0 Å². The van der Waals surface area contributed by atoms with Gasteiger partial charge in [0.1, 0.15) is 0 Å². The Morgan fingerprint density at radius 2 is 1.78 bits per heavy atom. The van der Waals surface area contributed by atoms with Gasteiger partial charge in [-0.2, -0.15) is 0 Å². The Balaban J connectivity index is 1.84. The highest BCUT2D eigenvalue weighted by Gasteiger charge is 2.28. The summed E-state index contributed by atoms with van der Waals surface area (Å²) in [6.07, 6.45) is 1.01. The number of hydrogen-bond donors (Lipinski definition) is 1. The highest BCUT2D eigenvalue weighted by molar-refractivity contribution is 7.91. The van der Waals surface area contributed by atoms with Gasteiger partial charge in [-0.25, -0.2) is 8.42 Å². The molecule has 1 aliphatic rings. The van der Waals surface area contributed by atoms with E-state index in [1.54, 1.807) is 18.2 Å². The van der Waals surface area contributed by atoms with Crippen LogP contribution in [0.1, 0.15) is 6.42 Å². The lowest BCUT2D eigenvalue weighted by atomic mass is 10.2. The van der Waals surface area contributed by atoms with E-state index in [0.29, 0.717) is 16.5 Å². The summed E-state index contributed by atoms with van der Waals surface area (Å²) in [7, 11) is -1.86. The van der Waals surface area contributed by atoms with Crippen molar-refractivity contribution >= 4 is 38.0 Å². The summed E-state index contributed by atoms with van der Waals surface area (Å²) >= 11 is 5.89. The molecule has 0 radical (unpaired) electrons. The SMILES string of the molecule is CNC1CCN(c2nnc(S(=O)(=O)c3ccc(Cl)cc3)c3ccccc23)C1. The minimum absolute atomic E-state index is 0.0338. The van der Waals surface area contributed by atoms with E-state index in [0.717, 1.165) is 30.7 Å². The van der Waals surface area contributed by atoms with Crippen molar-refractivity contribution in [3.63, 3.8) is 0 Å². The van der Waals surface area contributed by atoms with Gasteiger partial charge in [-0.1, -0.05) is 35.9 Å². The standard InChI is InChI=1S/C19H19ClN4O2S/c1-21-14-10-11-24(12-14)18-16-4-2-3-5-17(16)19(23-22-18)27(25,26)15-8-6-13(20)7-9-15/h2-9,14,21H,10-12H2,1H3. The molecule has 6 nitrogen and oxygen atoms in total. The van der Waals surface area contributed by atoms with Crippen LogP contribution in [0.5, 0.6) is 0 Å². The van der Waals surface area contributed by atoms with Crippen LogP contribution < -0.4 is 10.2 Å². The average Bonchev–Trinajstić information content (AvgIpc) is 3.16. The van der Waals surface area contributed by atoms with E-state index in [1.165, 1.54) is 12.1 Å². The van der Waals surface area contributed by atoms with Gasteiger partial charge in [-0.05, 0) is 37.7 Å². The Kier molecular flexibility index (Phi) is 4.75. The molecule has 140 valence electrons. The summed E-state index contributed by atoms with van der Waals surface area (Å²) in [6.45, 7) is 1.67. The van der Waals surface area contributed by atoms with Crippen molar-refractivity contribution < 1.29 is 8.42 Å². The smallest absolute Gasteiger partial charge is 0.226 e. The first-order valence-electron chi connectivity index (χ1n) is 8.69. The zero-order valence-electron chi connectivity index (χ0n) is 14.8. The lowest BCUT2D eigenvalue weighted by molar-refractivity contribution is 0.591. The second-order valence-electron chi connectivity index (χ2n) is 6.55. The molecule has 1 atom stereocenters. The van der Waals surface area contributed by atoms with E-state index in [1.807, 2.05) is 25.2 Å². The number of benzene rings is 2. The number of likely N-dealkylation sites (N-methyl/N-ethyl adjacent to an activating group) is 1. The zero-order chi connectivity index (χ0) is 19.0. The second-order valence-corrected chi connectivity index (χ2v) is 8.85. The zero-order valence-corrected chi connectivity index (χ0v) is 16.3. The van der Waals surface area contributed by atoms with Gasteiger partial charge in [0, 0.05) is 34.9 Å². The van der Waals surface area contributed by atoms with Crippen LogP contribution in [0, 0.1) is 0 Å². The number of sulfone groups is 1. The van der Waals surface area contributed by atoms with Gasteiger partial charge in [-0.15, -0.1) is 10.2 Å². The Morgan fingerprint density at radius 1 is 1.07 bits per heavy atom. The maximum atomic E-state index is 13.1. The topological polar surface area (TPSA) is 75.2 Å². The molecular weight excluding hydrogens is 384 g/mol. The Bertz CT molecular complexity index is 1090. The van der Waals surface area contributed by atoms with Gasteiger partial charge in [0.2, 0.25) is 9.84 Å². The third kappa shape index (κ3) is 3.26. The van der Waals surface area contributed by atoms with Crippen molar-refractivity contribution in [2.45, 2.75) is 22.4 Å². The third-order valence-electron chi connectivity index (χ3n) is 4.91. The van der Waals surface area contributed by atoms with Crippen molar-refractivity contribution in [1.82, 2.24) is 15.5 Å². The summed E-state index contributed by atoms with van der Waals surface area (Å²) in [4.78, 5) is 2.30. The molecule has 0 saturated carbocycles. The van der Waals surface area contributed by atoms with Crippen molar-refractivity contribution in [2.75, 3.05) is 25.0 Å². The van der Waals surface area contributed by atoms with E-state index >= 15 is 0 Å². The van der Waals surface area contributed by atoms with Crippen LogP contribution in [0.15, 0.2) is 58.5 Å². The average molecular weight is 403 g/mol. The van der Waals surface area contributed by atoms with Crippen LogP contribution in [0.2, 0.25) is 5.02 Å². The molecule has 8 heteroatoms. The molecule has 1 fully saturated rings. The third-order valence-corrected chi connectivity index (χ3v) is 6.86. The van der Waals surface area contributed by atoms with Gasteiger partial charge in [0.15, 0.2) is 10.8 Å². The molecule has 27 heavy (non-hydrogen) atoms. The molecule has 0 spiro atoms. The van der Waals surface area contributed by atoms with Gasteiger partial charge in [0.05, 0.1) is 4.90 Å². The molecule has 1 saturated heterocycles. The predicted octanol–water partition coefficient (Wildman–Crippen LogP) is 2.91.